The van der Waals surface area contributed by atoms with Gasteiger partial charge in [-0.15, -0.1) is 0 Å². The van der Waals surface area contributed by atoms with Gasteiger partial charge in [-0.1, -0.05) is 50.3 Å². The molecule has 0 aliphatic heterocycles. The van der Waals surface area contributed by atoms with Crippen LogP contribution in [0.5, 0.6) is 5.75 Å². The summed E-state index contributed by atoms with van der Waals surface area (Å²) in [6.07, 6.45) is 1.35. The van der Waals surface area contributed by atoms with E-state index in [2.05, 4.69) is 0 Å². The van der Waals surface area contributed by atoms with Gasteiger partial charge in [0.25, 0.3) is 0 Å². The summed E-state index contributed by atoms with van der Waals surface area (Å²) in [7, 11) is 0. The van der Waals surface area contributed by atoms with Crippen LogP contribution in [0.15, 0.2) is 66.8 Å². The Morgan fingerprint density at radius 3 is 1.97 bits per heavy atom. The largest absolute Gasteiger partial charge is 0.490 e. The van der Waals surface area contributed by atoms with E-state index in [9.17, 15) is 18.0 Å². The third-order valence-corrected chi connectivity index (χ3v) is 4.40. The van der Waals surface area contributed by atoms with Gasteiger partial charge in [0.1, 0.15) is 5.75 Å². The number of benzene rings is 2. The molecule has 0 unspecified atom stereocenters. The van der Waals surface area contributed by atoms with Crippen LogP contribution >= 0.6 is 0 Å². The molecule has 0 amide bonds. The maximum atomic E-state index is 12.8. The molecule has 0 saturated carbocycles. The van der Waals surface area contributed by atoms with E-state index in [4.69, 9.17) is 9.84 Å². The van der Waals surface area contributed by atoms with Gasteiger partial charge in [-0.25, -0.2) is 4.79 Å². The Morgan fingerprint density at radius 2 is 1.52 bits per heavy atom. The van der Waals surface area contributed by atoms with Crippen molar-refractivity contribution in [3.63, 3.8) is 0 Å². The number of allylic oxidation sites excluding steroid dienone is 2. The lowest BCUT2D eigenvalue weighted by Gasteiger charge is -2.16. The van der Waals surface area contributed by atoms with E-state index in [1.54, 1.807) is 30.3 Å². The molecule has 3 nitrogen and oxygen atoms in total. The standard InChI is InChI=1S/C23H23F3O3/c1-3-19(4-2)29-20-14-10-17(11-15-20)21(6-5-7-22(27)28)16-8-12-18(13-9-16)23(24,25)26/h5-15,19H,3-4H2,1-2H3,(H,27,28)/b7-5+,21-6-. The van der Waals surface area contributed by atoms with E-state index in [0.717, 1.165) is 36.6 Å². The molecule has 1 N–H and O–H groups in total. The van der Waals surface area contributed by atoms with Gasteiger partial charge in [-0.2, -0.15) is 13.2 Å². The number of carbonyl (C=O) groups is 1. The third kappa shape index (κ3) is 6.52. The fourth-order valence-corrected chi connectivity index (χ4v) is 2.79. The minimum absolute atomic E-state index is 0.115. The fraction of sp³-hybridized carbons (Fsp3) is 0.261. The molecule has 2 aromatic carbocycles. The zero-order chi connectivity index (χ0) is 21.4. The highest BCUT2D eigenvalue weighted by atomic mass is 19.4. The molecule has 2 rings (SSSR count). The number of halogens is 3. The van der Waals surface area contributed by atoms with Gasteiger partial charge in [-0.05, 0) is 53.8 Å². The van der Waals surface area contributed by atoms with Gasteiger partial charge in [0, 0.05) is 6.08 Å². The first kappa shape index (κ1) is 22.3. The summed E-state index contributed by atoms with van der Waals surface area (Å²) in [5, 5.41) is 8.80. The summed E-state index contributed by atoms with van der Waals surface area (Å²) in [5.41, 5.74) is 1.14. The summed E-state index contributed by atoms with van der Waals surface area (Å²) in [6.45, 7) is 4.09. The highest BCUT2D eigenvalue weighted by Crippen LogP contribution is 2.32. The average molecular weight is 404 g/mol. The molecule has 0 fully saturated rings. The number of hydrogen-bond donors (Lipinski definition) is 1. The predicted molar refractivity (Wildman–Crippen MR) is 107 cm³/mol. The van der Waals surface area contributed by atoms with E-state index < -0.39 is 17.7 Å². The predicted octanol–water partition coefficient (Wildman–Crippen LogP) is 6.35. The van der Waals surface area contributed by atoms with Crippen molar-refractivity contribution in [2.45, 2.75) is 39.0 Å². The first-order valence-corrected chi connectivity index (χ1v) is 9.30. The molecule has 0 spiro atoms. The summed E-state index contributed by atoms with van der Waals surface area (Å²) in [5.74, 6) is -0.405. The van der Waals surface area contributed by atoms with Gasteiger partial charge in [0.15, 0.2) is 0 Å². The smallest absolute Gasteiger partial charge is 0.416 e. The van der Waals surface area contributed by atoms with Crippen molar-refractivity contribution in [2.24, 2.45) is 0 Å². The number of alkyl halides is 3. The molecule has 0 aromatic heterocycles. The molecule has 6 heteroatoms. The summed E-state index contributed by atoms with van der Waals surface area (Å²) in [6, 6.07) is 12.0. The Labute approximate surface area is 168 Å². The molecule has 0 bridgehead atoms. The van der Waals surface area contributed by atoms with Gasteiger partial charge >= 0.3 is 12.1 Å². The normalized spacial score (nSPS) is 12.6. The second-order valence-corrected chi connectivity index (χ2v) is 6.43. The SMILES string of the molecule is CCC(CC)Oc1ccc(/C(=C\C=C\C(=O)O)c2ccc(C(F)(F)F)cc2)cc1. The number of carboxylic acids is 1. The lowest BCUT2D eigenvalue weighted by molar-refractivity contribution is -0.137. The van der Waals surface area contributed by atoms with E-state index in [-0.39, 0.29) is 6.10 Å². The van der Waals surface area contributed by atoms with Gasteiger partial charge in [0.2, 0.25) is 0 Å². The van der Waals surface area contributed by atoms with Crippen LogP contribution in [0.25, 0.3) is 5.57 Å². The minimum Gasteiger partial charge on any atom is -0.490 e. The molecule has 154 valence electrons. The molecule has 0 radical (unpaired) electrons. The molecule has 29 heavy (non-hydrogen) atoms. The summed E-state index contributed by atoms with van der Waals surface area (Å²) >= 11 is 0. The highest BCUT2D eigenvalue weighted by Gasteiger charge is 2.30. The van der Waals surface area contributed by atoms with Crippen molar-refractivity contribution in [3.8, 4) is 5.75 Å². The van der Waals surface area contributed by atoms with Crippen molar-refractivity contribution >= 4 is 11.5 Å². The van der Waals surface area contributed by atoms with Crippen molar-refractivity contribution in [2.75, 3.05) is 0 Å². The van der Waals surface area contributed by atoms with E-state index in [0.29, 0.717) is 16.9 Å². The first-order valence-electron chi connectivity index (χ1n) is 9.30. The number of ether oxygens (including phenoxy) is 1. The minimum atomic E-state index is -4.42. The van der Waals surface area contributed by atoms with Crippen molar-refractivity contribution < 1.29 is 27.8 Å². The molecule has 0 heterocycles. The lowest BCUT2D eigenvalue weighted by atomic mass is 9.96. The van der Waals surface area contributed by atoms with E-state index >= 15 is 0 Å². The molecule has 0 atom stereocenters. The van der Waals surface area contributed by atoms with Crippen LogP contribution < -0.4 is 4.74 Å². The van der Waals surface area contributed by atoms with E-state index in [1.807, 2.05) is 13.8 Å². The van der Waals surface area contributed by atoms with Crippen LogP contribution in [0.3, 0.4) is 0 Å². The summed E-state index contributed by atoms with van der Waals surface area (Å²) in [4.78, 5) is 10.8. The Kier molecular flexibility index (Phi) is 7.65. The maximum absolute atomic E-state index is 12.8. The Hall–Kier alpha value is -3.02. The zero-order valence-corrected chi connectivity index (χ0v) is 16.2. The van der Waals surface area contributed by atoms with Gasteiger partial charge in [0.05, 0.1) is 11.7 Å². The summed E-state index contributed by atoms with van der Waals surface area (Å²) < 4.78 is 44.4. The van der Waals surface area contributed by atoms with Gasteiger partial charge < -0.3 is 9.84 Å². The average Bonchev–Trinajstić information content (AvgIpc) is 2.69. The van der Waals surface area contributed by atoms with Crippen LogP contribution in [0.2, 0.25) is 0 Å². The quantitative estimate of drug-likeness (QED) is 0.412. The molecule has 0 aliphatic carbocycles. The van der Waals surface area contributed by atoms with Gasteiger partial charge in [-0.3, -0.25) is 0 Å². The Bertz CT molecular complexity index is 860. The molecular formula is C23H23F3O3. The van der Waals surface area contributed by atoms with Crippen molar-refractivity contribution in [1.82, 2.24) is 0 Å². The number of hydrogen-bond acceptors (Lipinski definition) is 2. The van der Waals surface area contributed by atoms with E-state index in [1.165, 1.54) is 18.2 Å². The Balaban J connectivity index is 2.37. The molecule has 0 aliphatic rings. The van der Waals surface area contributed by atoms with Crippen LogP contribution in [0.4, 0.5) is 13.2 Å². The van der Waals surface area contributed by atoms with Crippen LogP contribution in [-0.4, -0.2) is 17.2 Å². The van der Waals surface area contributed by atoms with Crippen LogP contribution in [0.1, 0.15) is 43.4 Å². The molecule has 0 saturated heterocycles. The molecular weight excluding hydrogens is 381 g/mol. The maximum Gasteiger partial charge on any atom is 0.416 e. The first-order chi connectivity index (χ1) is 13.7. The molecule has 2 aromatic rings. The zero-order valence-electron chi connectivity index (χ0n) is 16.2. The lowest BCUT2D eigenvalue weighted by Crippen LogP contribution is -2.13. The van der Waals surface area contributed by atoms with Crippen LogP contribution in [-0.2, 0) is 11.0 Å². The number of rotatable bonds is 8. The topological polar surface area (TPSA) is 46.5 Å². The second kappa shape index (κ2) is 9.96. The van der Waals surface area contributed by atoms with Crippen LogP contribution in [0, 0.1) is 0 Å². The fourth-order valence-electron chi connectivity index (χ4n) is 2.79. The third-order valence-electron chi connectivity index (χ3n) is 4.40. The monoisotopic (exact) mass is 404 g/mol. The number of aliphatic carboxylic acids is 1. The highest BCUT2D eigenvalue weighted by molar-refractivity contribution is 5.84. The number of carboxylic acid groups (broad SMARTS) is 1. The second-order valence-electron chi connectivity index (χ2n) is 6.43. The Morgan fingerprint density at radius 1 is 1.00 bits per heavy atom. The van der Waals surface area contributed by atoms with Crippen molar-refractivity contribution in [3.05, 3.63) is 83.4 Å². The van der Waals surface area contributed by atoms with Crippen molar-refractivity contribution in [1.29, 1.82) is 0 Å².